The molecule has 0 radical (unpaired) electrons. The van der Waals surface area contributed by atoms with E-state index in [9.17, 15) is 4.79 Å². The lowest BCUT2D eigenvalue weighted by atomic mass is 9.99. The largest absolute Gasteiger partial charge is 0.493 e. The monoisotopic (exact) mass is 279 g/mol. The summed E-state index contributed by atoms with van der Waals surface area (Å²) in [7, 11) is 3.20. The van der Waals surface area contributed by atoms with Crippen molar-refractivity contribution in [3.05, 3.63) is 23.8 Å². The lowest BCUT2D eigenvalue weighted by Crippen LogP contribution is -2.33. The lowest BCUT2D eigenvalue weighted by Gasteiger charge is -2.21. The number of rotatable bonds is 5. The Morgan fingerprint density at radius 2 is 2.05 bits per heavy atom. The Morgan fingerprint density at radius 3 is 2.70 bits per heavy atom. The van der Waals surface area contributed by atoms with Gasteiger partial charge in [-0.1, -0.05) is 12.1 Å². The van der Waals surface area contributed by atoms with E-state index in [0.717, 1.165) is 18.4 Å². The van der Waals surface area contributed by atoms with E-state index >= 15 is 0 Å². The van der Waals surface area contributed by atoms with Crippen molar-refractivity contribution >= 4 is 5.91 Å². The average Bonchev–Trinajstić information content (AvgIpc) is 2.52. The molecule has 5 nitrogen and oxygen atoms in total. The predicted octanol–water partition coefficient (Wildman–Crippen LogP) is 1.75. The summed E-state index contributed by atoms with van der Waals surface area (Å²) in [6.45, 7) is 1.78. The molecule has 1 aromatic carbocycles. The fourth-order valence-electron chi connectivity index (χ4n) is 2.38. The third kappa shape index (κ3) is 3.42. The van der Waals surface area contributed by atoms with Crippen LogP contribution in [0.3, 0.4) is 0 Å². The van der Waals surface area contributed by atoms with Gasteiger partial charge < -0.3 is 19.5 Å². The van der Waals surface area contributed by atoms with Gasteiger partial charge in [0.25, 0.3) is 0 Å². The minimum Gasteiger partial charge on any atom is -0.493 e. The summed E-state index contributed by atoms with van der Waals surface area (Å²) in [6.07, 6.45) is 1.59. The van der Waals surface area contributed by atoms with Crippen molar-refractivity contribution in [1.29, 1.82) is 0 Å². The summed E-state index contributed by atoms with van der Waals surface area (Å²) in [4.78, 5) is 12.1. The van der Waals surface area contributed by atoms with Gasteiger partial charge in [-0.2, -0.15) is 0 Å². The molecule has 1 saturated heterocycles. The van der Waals surface area contributed by atoms with E-state index in [1.807, 2.05) is 18.2 Å². The Bertz CT molecular complexity index is 455. The highest BCUT2D eigenvalue weighted by Gasteiger charge is 2.21. The van der Waals surface area contributed by atoms with Crippen LogP contribution in [0.5, 0.6) is 11.5 Å². The van der Waals surface area contributed by atoms with Crippen LogP contribution in [-0.2, 0) is 16.1 Å². The third-order valence-electron chi connectivity index (χ3n) is 3.53. The molecule has 110 valence electrons. The van der Waals surface area contributed by atoms with E-state index in [1.54, 1.807) is 14.2 Å². The van der Waals surface area contributed by atoms with E-state index in [0.29, 0.717) is 31.3 Å². The van der Waals surface area contributed by atoms with Crippen LogP contribution in [0.15, 0.2) is 18.2 Å². The van der Waals surface area contributed by atoms with Crippen LogP contribution in [0, 0.1) is 5.92 Å². The fourth-order valence-corrected chi connectivity index (χ4v) is 2.38. The van der Waals surface area contributed by atoms with Crippen molar-refractivity contribution in [3.8, 4) is 11.5 Å². The second kappa shape index (κ2) is 7.14. The number of nitrogens with one attached hydrogen (secondary N) is 1. The Hall–Kier alpha value is -1.75. The molecule has 0 saturated carbocycles. The number of hydrogen-bond acceptors (Lipinski definition) is 4. The molecule has 2 rings (SSSR count). The molecule has 1 aliphatic rings. The van der Waals surface area contributed by atoms with E-state index < -0.39 is 0 Å². The molecule has 20 heavy (non-hydrogen) atoms. The van der Waals surface area contributed by atoms with Crippen LogP contribution in [0.1, 0.15) is 18.4 Å². The minimum absolute atomic E-state index is 0.0559. The van der Waals surface area contributed by atoms with Crippen LogP contribution in [0.25, 0.3) is 0 Å². The molecular weight excluding hydrogens is 258 g/mol. The minimum atomic E-state index is 0.0559. The number of benzene rings is 1. The molecule has 0 unspecified atom stereocenters. The molecule has 1 fully saturated rings. The Balaban J connectivity index is 1.98. The van der Waals surface area contributed by atoms with Gasteiger partial charge in [0, 0.05) is 31.2 Å². The first-order valence-corrected chi connectivity index (χ1v) is 6.81. The molecule has 1 N–H and O–H groups in total. The van der Waals surface area contributed by atoms with Gasteiger partial charge in [0.15, 0.2) is 11.5 Å². The highest BCUT2D eigenvalue weighted by atomic mass is 16.5. The van der Waals surface area contributed by atoms with Gasteiger partial charge >= 0.3 is 0 Å². The molecule has 1 aromatic rings. The summed E-state index contributed by atoms with van der Waals surface area (Å²) in [6, 6.07) is 5.64. The molecule has 0 spiro atoms. The Morgan fingerprint density at radius 1 is 1.30 bits per heavy atom. The van der Waals surface area contributed by atoms with Gasteiger partial charge in [-0.15, -0.1) is 0 Å². The second-order valence-corrected chi connectivity index (χ2v) is 4.76. The highest BCUT2D eigenvalue weighted by molar-refractivity contribution is 5.78. The topological polar surface area (TPSA) is 56.8 Å². The molecule has 0 atom stereocenters. The first kappa shape index (κ1) is 14.7. The first-order chi connectivity index (χ1) is 9.76. The van der Waals surface area contributed by atoms with Crippen molar-refractivity contribution in [3.63, 3.8) is 0 Å². The van der Waals surface area contributed by atoms with E-state index in [-0.39, 0.29) is 11.8 Å². The normalized spacial score (nSPS) is 15.7. The van der Waals surface area contributed by atoms with Crippen molar-refractivity contribution in [1.82, 2.24) is 5.32 Å². The van der Waals surface area contributed by atoms with Gasteiger partial charge in [0.2, 0.25) is 5.91 Å². The number of carbonyl (C=O) groups excluding carboxylic acids is 1. The molecule has 1 amide bonds. The Kier molecular flexibility index (Phi) is 5.24. The molecule has 1 heterocycles. The number of para-hydroxylation sites is 1. The maximum Gasteiger partial charge on any atom is 0.223 e. The van der Waals surface area contributed by atoms with Gasteiger partial charge in [0.1, 0.15) is 0 Å². The van der Waals surface area contributed by atoms with Gasteiger partial charge in [-0.05, 0) is 18.9 Å². The summed E-state index contributed by atoms with van der Waals surface area (Å²) in [5, 5.41) is 2.96. The van der Waals surface area contributed by atoms with Gasteiger partial charge in [0.05, 0.1) is 14.2 Å². The van der Waals surface area contributed by atoms with Gasteiger partial charge in [-0.3, -0.25) is 4.79 Å². The predicted molar refractivity (Wildman–Crippen MR) is 74.9 cm³/mol. The van der Waals surface area contributed by atoms with Crippen LogP contribution >= 0.6 is 0 Å². The SMILES string of the molecule is COc1cccc(CNC(=O)C2CCOCC2)c1OC. The maximum absolute atomic E-state index is 12.1. The van der Waals surface area contributed by atoms with Crippen LogP contribution < -0.4 is 14.8 Å². The van der Waals surface area contributed by atoms with Crippen molar-refractivity contribution in [2.45, 2.75) is 19.4 Å². The Labute approximate surface area is 119 Å². The standard InChI is InChI=1S/C15H21NO4/c1-18-13-5-3-4-12(14(13)19-2)10-16-15(17)11-6-8-20-9-7-11/h3-5,11H,6-10H2,1-2H3,(H,16,17). The number of methoxy groups -OCH3 is 2. The zero-order valence-corrected chi connectivity index (χ0v) is 12.0. The maximum atomic E-state index is 12.1. The molecule has 5 heteroatoms. The van der Waals surface area contributed by atoms with E-state index in [2.05, 4.69) is 5.32 Å². The van der Waals surface area contributed by atoms with Crippen LogP contribution in [-0.4, -0.2) is 33.3 Å². The number of ether oxygens (including phenoxy) is 3. The molecule has 0 aromatic heterocycles. The molecule has 1 aliphatic heterocycles. The zero-order chi connectivity index (χ0) is 14.4. The summed E-state index contributed by atoms with van der Waals surface area (Å²) < 4.78 is 15.9. The molecule has 0 aliphatic carbocycles. The average molecular weight is 279 g/mol. The fraction of sp³-hybridized carbons (Fsp3) is 0.533. The molecule has 0 bridgehead atoms. The van der Waals surface area contributed by atoms with E-state index in [4.69, 9.17) is 14.2 Å². The van der Waals surface area contributed by atoms with Crippen LogP contribution in [0.4, 0.5) is 0 Å². The highest BCUT2D eigenvalue weighted by Crippen LogP contribution is 2.30. The summed E-state index contributed by atoms with van der Waals surface area (Å²) >= 11 is 0. The third-order valence-corrected chi connectivity index (χ3v) is 3.53. The van der Waals surface area contributed by atoms with Crippen LogP contribution in [0.2, 0.25) is 0 Å². The summed E-state index contributed by atoms with van der Waals surface area (Å²) in [5.41, 5.74) is 0.909. The lowest BCUT2D eigenvalue weighted by molar-refractivity contribution is -0.128. The van der Waals surface area contributed by atoms with E-state index in [1.165, 1.54) is 0 Å². The first-order valence-electron chi connectivity index (χ1n) is 6.81. The second-order valence-electron chi connectivity index (χ2n) is 4.76. The van der Waals surface area contributed by atoms with Crippen molar-refractivity contribution in [2.75, 3.05) is 27.4 Å². The summed E-state index contributed by atoms with van der Waals surface area (Å²) in [5.74, 6) is 1.48. The zero-order valence-electron chi connectivity index (χ0n) is 12.0. The van der Waals surface area contributed by atoms with Crippen molar-refractivity contribution in [2.24, 2.45) is 5.92 Å². The number of carbonyl (C=O) groups is 1. The smallest absolute Gasteiger partial charge is 0.223 e. The quantitative estimate of drug-likeness (QED) is 0.892. The van der Waals surface area contributed by atoms with Crippen molar-refractivity contribution < 1.29 is 19.0 Å². The number of hydrogen-bond donors (Lipinski definition) is 1. The number of amides is 1. The molecular formula is C15H21NO4. The van der Waals surface area contributed by atoms with Gasteiger partial charge in [-0.25, -0.2) is 0 Å².